The molecule has 2 nitrogen and oxygen atoms in total. The van der Waals surface area contributed by atoms with Crippen LogP contribution < -0.4 is 5.32 Å². The van der Waals surface area contributed by atoms with Gasteiger partial charge in [-0.15, -0.1) is 0 Å². The van der Waals surface area contributed by atoms with Crippen molar-refractivity contribution in [3.05, 3.63) is 11.1 Å². The van der Waals surface area contributed by atoms with Crippen LogP contribution in [-0.4, -0.2) is 23.8 Å². The summed E-state index contributed by atoms with van der Waals surface area (Å²) < 4.78 is 0. The van der Waals surface area contributed by atoms with Gasteiger partial charge in [0.25, 0.3) is 0 Å². The van der Waals surface area contributed by atoms with Gasteiger partial charge in [0.2, 0.25) is 0 Å². The molecule has 1 rings (SSSR count). The summed E-state index contributed by atoms with van der Waals surface area (Å²) in [5.74, 6) is 0. The molecule has 0 aromatic heterocycles. The van der Waals surface area contributed by atoms with Crippen LogP contribution in [0.15, 0.2) is 11.1 Å². The Morgan fingerprint density at radius 3 is 2.73 bits per heavy atom. The molecule has 0 aliphatic heterocycles. The minimum Gasteiger partial charge on any atom is -0.394 e. The smallest absolute Gasteiger partial charge is 0.0613 e. The van der Waals surface area contributed by atoms with Gasteiger partial charge in [0.15, 0.2) is 0 Å². The molecular weight excluding hydrogens is 162 g/mol. The molecule has 1 saturated carbocycles. The fraction of sp³-hybridized carbons (Fsp3) is 0.750. The second-order valence-electron chi connectivity index (χ2n) is 3.25. The number of rotatable bonds is 4. The van der Waals surface area contributed by atoms with Crippen LogP contribution in [0.1, 0.15) is 19.8 Å². The summed E-state index contributed by atoms with van der Waals surface area (Å²) in [6, 6.07) is 0. The molecule has 0 atom stereocenters. The monoisotopic (exact) mass is 175 g/mol. The second-order valence-corrected chi connectivity index (χ2v) is 3.47. The zero-order valence-electron chi connectivity index (χ0n) is 6.73. The third-order valence-corrected chi connectivity index (χ3v) is 2.46. The maximum Gasteiger partial charge on any atom is 0.0613 e. The van der Waals surface area contributed by atoms with Crippen LogP contribution in [0.4, 0.5) is 0 Å². The molecule has 2 N–H and O–H groups in total. The molecule has 0 radical (unpaired) electrons. The van der Waals surface area contributed by atoms with E-state index in [-0.39, 0.29) is 12.1 Å². The van der Waals surface area contributed by atoms with Crippen molar-refractivity contribution in [2.45, 2.75) is 25.3 Å². The number of aliphatic hydroxyl groups is 1. The lowest BCUT2D eigenvalue weighted by atomic mass is 10.2. The molecule has 1 aliphatic rings. The minimum atomic E-state index is 0.0289. The largest absolute Gasteiger partial charge is 0.394 e. The summed E-state index contributed by atoms with van der Waals surface area (Å²) in [5, 5.41) is 12.2. The number of hydrogen-bond acceptors (Lipinski definition) is 2. The fourth-order valence-corrected chi connectivity index (χ4v) is 0.984. The van der Waals surface area contributed by atoms with Crippen LogP contribution in [0.2, 0.25) is 0 Å². The first-order valence-corrected chi connectivity index (χ1v) is 4.28. The zero-order chi connectivity index (χ0) is 8.32. The van der Waals surface area contributed by atoms with Gasteiger partial charge in [-0.1, -0.05) is 11.6 Å². The van der Waals surface area contributed by atoms with Crippen LogP contribution in [0.3, 0.4) is 0 Å². The summed E-state index contributed by atoms with van der Waals surface area (Å²) in [6.07, 6.45) is 2.16. The van der Waals surface area contributed by atoms with Gasteiger partial charge in [-0.3, -0.25) is 0 Å². The van der Waals surface area contributed by atoms with Crippen LogP contribution >= 0.6 is 11.6 Å². The zero-order valence-corrected chi connectivity index (χ0v) is 7.49. The summed E-state index contributed by atoms with van der Waals surface area (Å²) in [4.78, 5) is 0. The molecule has 0 aromatic carbocycles. The first kappa shape index (κ1) is 9.04. The number of hydrogen-bond donors (Lipinski definition) is 2. The molecule has 0 spiro atoms. The quantitative estimate of drug-likeness (QED) is 0.674. The molecule has 11 heavy (non-hydrogen) atoms. The molecule has 1 fully saturated rings. The molecule has 0 saturated heterocycles. The second kappa shape index (κ2) is 3.57. The Kier molecular flexibility index (Phi) is 2.93. The molecular formula is C8H14ClNO. The number of aliphatic hydroxyl groups excluding tert-OH is 1. The predicted octanol–water partition coefficient (Wildman–Crippen LogP) is 1.24. The predicted molar refractivity (Wildman–Crippen MR) is 46.7 cm³/mol. The highest BCUT2D eigenvalue weighted by Gasteiger charge is 2.41. The summed E-state index contributed by atoms with van der Waals surface area (Å²) in [7, 11) is 0. The number of halogens is 1. The molecule has 1 aliphatic carbocycles. The molecule has 3 heteroatoms. The number of nitrogens with one attached hydrogen (secondary N) is 1. The van der Waals surface area contributed by atoms with Gasteiger partial charge < -0.3 is 10.4 Å². The molecule has 0 heterocycles. The highest BCUT2D eigenvalue weighted by atomic mass is 35.5. The highest BCUT2D eigenvalue weighted by Crippen LogP contribution is 2.34. The van der Waals surface area contributed by atoms with Gasteiger partial charge in [0.05, 0.1) is 6.61 Å². The lowest BCUT2D eigenvalue weighted by molar-refractivity contribution is 0.233. The van der Waals surface area contributed by atoms with Crippen molar-refractivity contribution in [1.29, 1.82) is 0 Å². The van der Waals surface area contributed by atoms with E-state index in [1.54, 1.807) is 5.54 Å². The van der Waals surface area contributed by atoms with Crippen molar-refractivity contribution in [2.75, 3.05) is 13.2 Å². The van der Waals surface area contributed by atoms with Crippen LogP contribution in [-0.2, 0) is 0 Å². The Bertz CT molecular complexity index is 163. The van der Waals surface area contributed by atoms with Crippen molar-refractivity contribution >= 4 is 11.6 Å². The van der Waals surface area contributed by atoms with Gasteiger partial charge in [-0.25, -0.2) is 0 Å². The van der Waals surface area contributed by atoms with E-state index < -0.39 is 0 Å². The van der Waals surface area contributed by atoms with Gasteiger partial charge in [0, 0.05) is 17.6 Å². The van der Waals surface area contributed by atoms with E-state index in [1.165, 1.54) is 0 Å². The molecule has 0 unspecified atom stereocenters. The third kappa shape index (κ3) is 2.47. The van der Waals surface area contributed by atoms with Gasteiger partial charge in [-0.2, -0.15) is 0 Å². The average Bonchev–Trinajstić information content (AvgIpc) is 2.81. The Labute approximate surface area is 72.2 Å². The topological polar surface area (TPSA) is 32.3 Å². The van der Waals surface area contributed by atoms with Crippen molar-refractivity contribution in [3.63, 3.8) is 0 Å². The lowest BCUT2D eigenvalue weighted by Gasteiger charge is -2.13. The molecule has 0 amide bonds. The van der Waals surface area contributed by atoms with Crippen LogP contribution in [0.25, 0.3) is 0 Å². The average molecular weight is 176 g/mol. The van der Waals surface area contributed by atoms with Crippen molar-refractivity contribution in [1.82, 2.24) is 5.32 Å². The van der Waals surface area contributed by atoms with E-state index in [0.717, 1.165) is 25.0 Å². The Morgan fingerprint density at radius 2 is 2.36 bits per heavy atom. The lowest BCUT2D eigenvalue weighted by Crippen LogP contribution is -2.35. The summed E-state index contributed by atoms with van der Waals surface area (Å²) in [6.45, 7) is 2.99. The summed E-state index contributed by atoms with van der Waals surface area (Å²) >= 11 is 5.48. The van der Waals surface area contributed by atoms with Crippen molar-refractivity contribution < 1.29 is 5.11 Å². The third-order valence-electron chi connectivity index (χ3n) is 2.08. The fourth-order valence-electron chi connectivity index (χ4n) is 0.907. The molecule has 0 bridgehead atoms. The van der Waals surface area contributed by atoms with Crippen molar-refractivity contribution in [2.24, 2.45) is 0 Å². The Balaban J connectivity index is 2.22. The summed E-state index contributed by atoms with van der Waals surface area (Å²) in [5.41, 5.74) is 2.70. The van der Waals surface area contributed by atoms with E-state index in [4.69, 9.17) is 16.7 Å². The minimum absolute atomic E-state index is 0.0289. The Hall–Kier alpha value is -0.0500. The molecule has 64 valence electrons. The maximum atomic E-state index is 8.93. The molecule has 0 aromatic rings. The first-order valence-electron chi connectivity index (χ1n) is 3.84. The van der Waals surface area contributed by atoms with Crippen LogP contribution in [0.5, 0.6) is 0 Å². The SMILES string of the molecule is CC(=CCl)CNC1(CO)CC1. The van der Waals surface area contributed by atoms with Gasteiger partial charge in [-0.05, 0) is 25.3 Å². The Morgan fingerprint density at radius 1 is 1.73 bits per heavy atom. The maximum absolute atomic E-state index is 8.93. The standard InChI is InChI=1S/C8H14ClNO/c1-7(4-9)5-10-8(6-11)2-3-8/h4,10-11H,2-3,5-6H2,1H3. The first-order chi connectivity index (χ1) is 5.22. The van der Waals surface area contributed by atoms with E-state index in [0.29, 0.717) is 0 Å². The van der Waals surface area contributed by atoms with Gasteiger partial charge >= 0.3 is 0 Å². The van der Waals surface area contributed by atoms with E-state index in [9.17, 15) is 0 Å². The van der Waals surface area contributed by atoms with E-state index >= 15 is 0 Å². The van der Waals surface area contributed by atoms with E-state index in [2.05, 4.69) is 5.32 Å². The van der Waals surface area contributed by atoms with Gasteiger partial charge in [0.1, 0.15) is 0 Å². The van der Waals surface area contributed by atoms with E-state index in [1.807, 2.05) is 6.92 Å². The highest BCUT2D eigenvalue weighted by molar-refractivity contribution is 6.25. The van der Waals surface area contributed by atoms with Crippen molar-refractivity contribution in [3.8, 4) is 0 Å². The van der Waals surface area contributed by atoms with Crippen LogP contribution in [0, 0.1) is 0 Å². The normalized spacial score (nSPS) is 21.9.